The topological polar surface area (TPSA) is 127 Å². The van der Waals surface area contributed by atoms with E-state index in [9.17, 15) is 23.6 Å². The van der Waals surface area contributed by atoms with Crippen molar-refractivity contribution in [2.24, 2.45) is 5.92 Å². The van der Waals surface area contributed by atoms with E-state index < -0.39 is 28.7 Å². The standard InChI is InChI=1S/C30H36FN5O6S/c1-17(2)14-24(38)30(5,6)35-26(39)25-19(4)27(36-32-11-12-33-36)43-28(25)34(29(35)40)16-23(42-13-10-18(3)37)21-15-20(31)8-9-22(21)41-7/h8-9,11-12,15,17,23H,10,13-14,16H2,1-7H3/t23-/m0/s1. The number of hydrogen-bond donors (Lipinski definition) is 0. The third-order valence-corrected chi connectivity index (χ3v) is 8.56. The lowest BCUT2D eigenvalue weighted by Crippen LogP contribution is -2.53. The predicted octanol–water partition coefficient (Wildman–Crippen LogP) is 4.35. The number of ether oxygens (including phenoxy) is 2. The van der Waals surface area contributed by atoms with Crippen LogP contribution in [0.5, 0.6) is 5.75 Å². The first-order valence-electron chi connectivity index (χ1n) is 13.9. The minimum Gasteiger partial charge on any atom is -0.496 e. The van der Waals surface area contributed by atoms with Gasteiger partial charge in [0.1, 0.15) is 38.8 Å². The Balaban J connectivity index is 2.02. The van der Waals surface area contributed by atoms with Crippen LogP contribution in [0.3, 0.4) is 0 Å². The molecule has 43 heavy (non-hydrogen) atoms. The lowest BCUT2D eigenvalue weighted by Gasteiger charge is -2.28. The Hall–Kier alpha value is -3.97. The number of benzene rings is 1. The predicted molar refractivity (Wildman–Crippen MR) is 161 cm³/mol. The van der Waals surface area contributed by atoms with E-state index in [0.29, 0.717) is 26.7 Å². The third-order valence-electron chi connectivity index (χ3n) is 7.28. The highest BCUT2D eigenvalue weighted by Crippen LogP contribution is 2.34. The number of aryl methyl sites for hydroxylation is 1. The first-order valence-corrected chi connectivity index (χ1v) is 14.7. The molecule has 0 fully saturated rings. The van der Waals surface area contributed by atoms with Gasteiger partial charge >= 0.3 is 5.69 Å². The van der Waals surface area contributed by atoms with Crippen molar-refractivity contribution in [3.05, 3.63) is 68.4 Å². The van der Waals surface area contributed by atoms with Gasteiger partial charge in [-0.1, -0.05) is 25.2 Å². The minimum absolute atomic E-state index is 0.00148. The van der Waals surface area contributed by atoms with Crippen molar-refractivity contribution in [1.29, 1.82) is 0 Å². The van der Waals surface area contributed by atoms with Crippen LogP contribution in [0.25, 0.3) is 15.2 Å². The second-order valence-corrected chi connectivity index (χ2v) is 12.3. The lowest BCUT2D eigenvalue weighted by molar-refractivity contribution is -0.127. The van der Waals surface area contributed by atoms with Crippen molar-refractivity contribution < 1.29 is 23.5 Å². The summed E-state index contributed by atoms with van der Waals surface area (Å²) in [4.78, 5) is 55.3. The second kappa shape index (κ2) is 12.7. The average Bonchev–Trinajstić information content (AvgIpc) is 3.57. The molecule has 11 nitrogen and oxygen atoms in total. The maximum Gasteiger partial charge on any atom is 0.333 e. The van der Waals surface area contributed by atoms with Crippen molar-refractivity contribution in [1.82, 2.24) is 24.1 Å². The number of halogens is 1. The summed E-state index contributed by atoms with van der Waals surface area (Å²) >= 11 is 1.14. The molecule has 0 bridgehead atoms. The van der Waals surface area contributed by atoms with Crippen LogP contribution in [-0.4, -0.2) is 49.4 Å². The van der Waals surface area contributed by atoms with Gasteiger partial charge in [0.2, 0.25) is 0 Å². The molecule has 0 N–H and O–H groups in total. The first-order chi connectivity index (χ1) is 20.3. The summed E-state index contributed by atoms with van der Waals surface area (Å²) in [6.07, 6.45) is 2.30. The molecular formula is C30H36FN5O6S. The van der Waals surface area contributed by atoms with Crippen molar-refractivity contribution in [2.45, 2.75) is 72.6 Å². The normalized spacial score (nSPS) is 12.7. The van der Waals surface area contributed by atoms with Gasteiger partial charge in [0, 0.05) is 24.0 Å². The average molecular weight is 614 g/mol. The van der Waals surface area contributed by atoms with E-state index in [1.165, 1.54) is 54.0 Å². The number of fused-ring (bicyclic) bond motifs is 1. The van der Waals surface area contributed by atoms with Crippen LogP contribution in [-0.2, 0) is 26.4 Å². The SMILES string of the molecule is COc1ccc(F)cc1[C@H](Cn1c(=O)n(C(C)(C)C(=O)CC(C)C)c(=O)c2c(C)c(-n3nccn3)sc21)OCCC(C)=O. The highest BCUT2D eigenvalue weighted by atomic mass is 32.1. The molecule has 4 aromatic rings. The molecular weight excluding hydrogens is 577 g/mol. The molecule has 0 amide bonds. The van der Waals surface area contributed by atoms with Gasteiger partial charge in [0.15, 0.2) is 5.78 Å². The summed E-state index contributed by atoms with van der Waals surface area (Å²) in [5, 5.41) is 9.16. The lowest BCUT2D eigenvalue weighted by atomic mass is 9.91. The Morgan fingerprint density at radius 2 is 1.81 bits per heavy atom. The van der Waals surface area contributed by atoms with E-state index in [1.54, 1.807) is 20.8 Å². The van der Waals surface area contributed by atoms with Crippen molar-refractivity contribution in [3.63, 3.8) is 0 Å². The van der Waals surface area contributed by atoms with Crippen LogP contribution in [0.2, 0.25) is 0 Å². The second-order valence-electron chi connectivity index (χ2n) is 11.3. The highest BCUT2D eigenvalue weighted by molar-refractivity contribution is 7.21. The van der Waals surface area contributed by atoms with Crippen LogP contribution in [0.4, 0.5) is 4.39 Å². The Labute approximate surface area is 251 Å². The first kappa shape index (κ1) is 32.0. The molecule has 0 saturated heterocycles. The van der Waals surface area contributed by atoms with E-state index >= 15 is 0 Å². The summed E-state index contributed by atoms with van der Waals surface area (Å²) in [6, 6.07) is 3.95. The fourth-order valence-electron chi connectivity index (χ4n) is 4.95. The van der Waals surface area contributed by atoms with Gasteiger partial charge in [-0.2, -0.15) is 10.2 Å². The molecule has 3 aromatic heterocycles. The number of nitrogens with zero attached hydrogens (tertiary/aromatic N) is 5. The Morgan fingerprint density at radius 1 is 1.14 bits per heavy atom. The van der Waals surface area contributed by atoms with Crippen LogP contribution in [0.1, 0.15) is 64.7 Å². The molecule has 3 heterocycles. The van der Waals surface area contributed by atoms with Gasteiger partial charge in [-0.3, -0.25) is 19.0 Å². The number of carbonyl (C=O) groups is 2. The Kier molecular flexibility index (Phi) is 9.45. The van der Waals surface area contributed by atoms with Crippen LogP contribution >= 0.6 is 11.3 Å². The summed E-state index contributed by atoms with van der Waals surface area (Å²) in [6.45, 7) is 9.89. The van der Waals surface area contributed by atoms with Gasteiger partial charge in [-0.15, -0.1) is 4.80 Å². The highest BCUT2D eigenvalue weighted by Gasteiger charge is 2.36. The Morgan fingerprint density at radius 3 is 2.42 bits per heavy atom. The largest absolute Gasteiger partial charge is 0.496 e. The van der Waals surface area contributed by atoms with Crippen molar-refractivity contribution in [2.75, 3.05) is 13.7 Å². The number of rotatable bonds is 13. The van der Waals surface area contributed by atoms with Gasteiger partial charge in [-0.25, -0.2) is 13.8 Å². The summed E-state index contributed by atoms with van der Waals surface area (Å²) < 4.78 is 28.5. The van der Waals surface area contributed by atoms with Crippen LogP contribution < -0.4 is 16.0 Å². The zero-order chi connectivity index (χ0) is 31.6. The maximum atomic E-state index is 14.5. The van der Waals surface area contributed by atoms with Gasteiger partial charge < -0.3 is 9.47 Å². The molecule has 0 aliphatic carbocycles. The number of aromatic nitrogens is 5. The quantitative estimate of drug-likeness (QED) is 0.218. The van der Waals surface area contributed by atoms with Crippen LogP contribution in [0.15, 0.2) is 40.2 Å². The molecule has 0 aliphatic rings. The number of Topliss-reactive ketones (excluding diaryl/α,β-unsaturated/α-hetero) is 2. The molecule has 4 rings (SSSR count). The van der Waals surface area contributed by atoms with E-state index in [0.717, 1.165) is 15.9 Å². The number of hydrogen-bond acceptors (Lipinski definition) is 9. The summed E-state index contributed by atoms with van der Waals surface area (Å²) in [7, 11) is 1.43. The number of ketones is 2. The Bertz CT molecular complexity index is 1770. The van der Waals surface area contributed by atoms with Crippen molar-refractivity contribution in [3.8, 4) is 10.8 Å². The third kappa shape index (κ3) is 6.37. The molecule has 13 heteroatoms. The number of methoxy groups -OCH3 is 1. The fraction of sp³-hybridized carbons (Fsp3) is 0.467. The number of carbonyl (C=O) groups excluding carboxylic acids is 2. The van der Waals surface area contributed by atoms with E-state index in [-0.39, 0.29) is 48.9 Å². The van der Waals surface area contributed by atoms with Gasteiger partial charge in [0.05, 0.1) is 38.0 Å². The minimum atomic E-state index is -1.48. The van der Waals surface area contributed by atoms with E-state index in [4.69, 9.17) is 9.47 Å². The molecule has 0 aliphatic heterocycles. The molecule has 230 valence electrons. The van der Waals surface area contributed by atoms with E-state index in [2.05, 4.69) is 10.2 Å². The zero-order valence-electron chi connectivity index (χ0n) is 25.3. The van der Waals surface area contributed by atoms with Crippen LogP contribution in [0, 0.1) is 18.7 Å². The molecule has 0 saturated carbocycles. The zero-order valence-corrected chi connectivity index (χ0v) is 26.2. The fourth-order valence-corrected chi connectivity index (χ4v) is 6.17. The molecule has 0 unspecified atom stereocenters. The monoisotopic (exact) mass is 613 g/mol. The smallest absolute Gasteiger partial charge is 0.333 e. The molecule has 1 atom stereocenters. The van der Waals surface area contributed by atoms with E-state index in [1.807, 2.05) is 13.8 Å². The maximum absolute atomic E-state index is 14.5. The molecule has 1 aromatic carbocycles. The van der Waals surface area contributed by atoms with Gasteiger partial charge in [-0.05, 0) is 51.8 Å². The molecule has 0 spiro atoms. The summed E-state index contributed by atoms with van der Waals surface area (Å²) in [5.41, 5.74) is -1.96. The van der Waals surface area contributed by atoms with Gasteiger partial charge in [0.25, 0.3) is 5.56 Å². The van der Waals surface area contributed by atoms with Crippen molar-refractivity contribution >= 4 is 33.1 Å². The number of thiophene rings is 1. The molecule has 0 radical (unpaired) electrons. The summed E-state index contributed by atoms with van der Waals surface area (Å²) in [5.74, 6) is -0.585.